The minimum absolute atomic E-state index is 0.0763. The quantitative estimate of drug-likeness (QED) is 0.0243. The maximum Gasteiger partial charge on any atom is 0.472 e. The van der Waals surface area contributed by atoms with Crippen LogP contribution in [0.3, 0.4) is 0 Å². The van der Waals surface area contributed by atoms with Gasteiger partial charge < -0.3 is 19.8 Å². The van der Waals surface area contributed by atoms with Crippen LogP contribution in [-0.2, 0) is 18.4 Å². The number of amides is 1. The van der Waals surface area contributed by atoms with Crippen LogP contribution in [0.15, 0.2) is 36.5 Å². The van der Waals surface area contributed by atoms with Gasteiger partial charge >= 0.3 is 7.82 Å². The Balaban J connectivity index is 3.84. The van der Waals surface area contributed by atoms with E-state index in [-0.39, 0.29) is 19.1 Å². The van der Waals surface area contributed by atoms with Gasteiger partial charge in [0.05, 0.1) is 39.9 Å². The second-order valence-corrected chi connectivity index (χ2v) is 23.2. The van der Waals surface area contributed by atoms with Crippen molar-refractivity contribution in [3.8, 4) is 0 Å². The van der Waals surface area contributed by atoms with Gasteiger partial charge in [-0.2, -0.15) is 0 Å². The number of allylic oxidation sites excluding steroid dienone is 6. The van der Waals surface area contributed by atoms with Crippen molar-refractivity contribution in [2.75, 3.05) is 40.9 Å². The van der Waals surface area contributed by atoms with Crippen LogP contribution in [0.5, 0.6) is 0 Å². The van der Waals surface area contributed by atoms with Crippen LogP contribution < -0.4 is 5.32 Å². The van der Waals surface area contributed by atoms with E-state index >= 15 is 0 Å². The number of carbonyl (C=O) groups is 1. The first-order valence-corrected chi connectivity index (χ1v) is 31.3. The lowest BCUT2D eigenvalue weighted by Crippen LogP contribution is -2.46. The number of aliphatic hydroxyl groups excluding tert-OH is 1. The molecule has 0 saturated carbocycles. The average molecular weight is 995 g/mol. The zero-order chi connectivity index (χ0) is 50.6. The van der Waals surface area contributed by atoms with Crippen LogP contribution in [0.25, 0.3) is 0 Å². The summed E-state index contributed by atoms with van der Waals surface area (Å²) in [5, 5.41) is 14.0. The van der Waals surface area contributed by atoms with Gasteiger partial charge in [-0.05, 0) is 51.4 Å². The smallest absolute Gasteiger partial charge is 0.391 e. The van der Waals surface area contributed by atoms with Gasteiger partial charge in [-0.1, -0.05) is 269 Å². The van der Waals surface area contributed by atoms with E-state index in [1.165, 1.54) is 212 Å². The van der Waals surface area contributed by atoms with Crippen molar-refractivity contribution in [2.45, 2.75) is 302 Å². The van der Waals surface area contributed by atoms with E-state index in [0.29, 0.717) is 23.9 Å². The predicted molar refractivity (Wildman–Crippen MR) is 300 cm³/mol. The summed E-state index contributed by atoms with van der Waals surface area (Å²) >= 11 is 0. The Kier molecular flexibility index (Phi) is 50.7. The molecule has 9 heteroatoms. The molecule has 1 amide bonds. The Morgan fingerprint density at radius 3 is 1.20 bits per heavy atom. The van der Waals surface area contributed by atoms with Gasteiger partial charge in [-0.25, -0.2) is 4.57 Å². The molecule has 3 unspecified atom stereocenters. The number of phosphoric acid groups is 1. The Morgan fingerprint density at radius 1 is 0.493 bits per heavy atom. The van der Waals surface area contributed by atoms with E-state index < -0.39 is 20.0 Å². The first-order chi connectivity index (χ1) is 33.5. The molecule has 0 heterocycles. The number of aliphatic hydroxyl groups is 1. The van der Waals surface area contributed by atoms with Gasteiger partial charge in [-0.3, -0.25) is 13.8 Å². The number of phosphoric ester groups is 1. The first-order valence-electron chi connectivity index (χ1n) is 29.9. The molecule has 0 aromatic carbocycles. The largest absolute Gasteiger partial charge is 0.472 e. The second-order valence-electron chi connectivity index (χ2n) is 21.7. The third-order valence-corrected chi connectivity index (χ3v) is 14.6. The zero-order valence-corrected chi connectivity index (χ0v) is 47.5. The summed E-state index contributed by atoms with van der Waals surface area (Å²) < 4.78 is 23.7. The Bertz CT molecular complexity index is 1220. The molecule has 0 aromatic heterocycles. The molecular weight excluding hydrogens is 876 g/mol. The highest BCUT2D eigenvalue weighted by Crippen LogP contribution is 2.43. The van der Waals surface area contributed by atoms with Gasteiger partial charge in [0.25, 0.3) is 0 Å². The van der Waals surface area contributed by atoms with Gasteiger partial charge in [0.2, 0.25) is 5.91 Å². The third-order valence-electron chi connectivity index (χ3n) is 13.6. The Labute approximate surface area is 429 Å². The molecule has 69 heavy (non-hydrogen) atoms. The molecule has 3 N–H and O–H groups in total. The SMILES string of the molecule is CCCCCCC/C=C\C/C=C\C/C=C\CCCCCCCCCCCCCCCCCCCCCCCCC(=O)NC(COP(=O)(O)OCC[N+](C)(C)C)C(O)CCCCCCCCCCCC. The molecule has 0 aliphatic carbocycles. The van der Waals surface area contributed by atoms with Crippen molar-refractivity contribution in [3.63, 3.8) is 0 Å². The topological polar surface area (TPSA) is 105 Å². The number of hydrogen-bond acceptors (Lipinski definition) is 5. The van der Waals surface area contributed by atoms with Crippen LogP contribution in [0.1, 0.15) is 290 Å². The number of nitrogens with one attached hydrogen (secondary N) is 1. The normalized spacial score (nSPS) is 14.1. The van der Waals surface area contributed by atoms with E-state index in [0.717, 1.165) is 51.4 Å². The van der Waals surface area contributed by atoms with Crippen molar-refractivity contribution >= 4 is 13.7 Å². The average Bonchev–Trinajstić information content (AvgIpc) is 3.31. The number of likely N-dealkylation sites (N-methyl/N-ethyl adjacent to an activating group) is 1. The van der Waals surface area contributed by atoms with Crippen molar-refractivity contribution in [1.82, 2.24) is 5.32 Å². The summed E-state index contributed by atoms with van der Waals surface area (Å²) in [6, 6.07) is -0.756. The van der Waals surface area contributed by atoms with Gasteiger partial charge in [0.1, 0.15) is 13.2 Å². The van der Waals surface area contributed by atoms with Crippen LogP contribution in [0.4, 0.5) is 0 Å². The fourth-order valence-electron chi connectivity index (χ4n) is 8.94. The Hall–Kier alpha value is -1.28. The van der Waals surface area contributed by atoms with Crippen molar-refractivity contribution < 1.29 is 32.9 Å². The minimum Gasteiger partial charge on any atom is -0.391 e. The van der Waals surface area contributed by atoms with E-state index in [1.54, 1.807) is 0 Å². The summed E-state index contributed by atoms with van der Waals surface area (Å²) in [7, 11) is 1.62. The number of nitrogens with zero attached hydrogens (tertiary/aromatic N) is 1. The second kappa shape index (κ2) is 51.6. The predicted octanol–water partition coefficient (Wildman–Crippen LogP) is 18.2. The fraction of sp³-hybridized carbons (Fsp3) is 0.883. The summed E-state index contributed by atoms with van der Waals surface area (Å²) in [6.45, 7) is 4.88. The van der Waals surface area contributed by atoms with Crippen LogP contribution >= 0.6 is 7.82 Å². The standard InChI is InChI=1S/C60H117N2O6P/c1-6-8-10-12-14-16-18-19-20-21-22-23-24-25-26-27-28-29-30-31-32-33-34-35-36-37-38-39-40-41-42-43-44-46-48-50-52-54-60(64)61-58(57-68-69(65,66)67-56-55-62(3,4)5)59(63)53-51-49-47-45-17-15-13-11-9-7-2/h18-19,21-22,24-25,58-59,63H,6-17,20,23,26-57H2,1-5H3,(H-,61,64,65,66)/p+1/b19-18-,22-21-,25-24-. The lowest BCUT2D eigenvalue weighted by molar-refractivity contribution is -0.870. The summed E-state index contributed by atoms with van der Waals surface area (Å²) in [5.41, 5.74) is 0. The number of rotatable bonds is 55. The number of hydrogen-bond donors (Lipinski definition) is 3. The lowest BCUT2D eigenvalue weighted by Gasteiger charge is -2.26. The van der Waals surface area contributed by atoms with Crippen molar-refractivity contribution in [2.24, 2.45) is 0 Å². The molecule has 0 rings (SSSR count). The number of unbranched alkanes of at least 4 members (excludes halogenated alkanes) is 36. The van der Waals surface area contributed by atoms with Gasteiger partial charge in [0, 0.05) is 6.42 Å². The molecule has 0 radical (unpaired) electrons. The van der Waals surface area contributed by atoms with Gasteiger partial charge in [-0.15, -0.1) is 0 Å². The summed E-state index contributed by atoms with van der Waals surface area (Å²) in [4.78, 5) is 23.2. The number of carbonyl (C=O) groups excluding carboxylic acids is 1. The molecule has 0 aliphatic rings. The third kappa shape index (κ3) is 54.3. The highest BCUT2D eigenvalue weighted by Gasteiger charge is 2.28. The molecule has 0 spiro atoms. The van der Waals surface area contributed by atoms with Crippen LogP contribution in [-0.4, -0.2) is 73.4 Å². The highest BCUT2D eigenvalue weighted by atomic mass is 31.2. The van der Waals surface area contributed by atoms with Crippen molar-refractivity contribution in [3.05, 3.63) is 36.5 Å². The molecular formula is C60H118N2O6P+. The molecule has 0 saturated heterocycles. The van der Waals surface area contributed by atoms with Crippen molar-refractivity contribution in [1.29, 1.82) is 0 Å². The monoisotopic (exact) mass is 994 g/mol. The van der Waals surface area contributed by atoms with E-state index in [2.05, 4.69) is 55.6 Å². The fourth-order valence-corrected chi connectivity index (χ4v) is 9.67. The lowest BCUT2D eigenvalue weighted by atomic mass is 10.0. The molecule has 408 valence electrons. The van der Waals surface area contributed by atoms with Crippen LogP contribution in [0.2, 0.25) is 0 Å². The van der Waals surface area contributed by atoms with E-state index in [4.69, 9.17) is 9.05 Å². The molecule has 0 aromatic rings. The molecule has 0 bridgehead atoms. The Morgan fingerprint density at radius 2 is 0.826 bits per heavy atom. The zero-order valence-electron chi connectivity index (χ0n) is 46.6. The number of quaternary nitrogens is 1. The first kappa shape index (κ1) is 67.7. The molecule has 3 atom stereocenters. The van der Waals surface area contributed by atoms with E-state index in [1.807, 2.05) is 21.1 Å². The highest BCUT2D eigenvalue weighted by molar-refractivity contribution is 7.47. The van der Waals surface area contributed by atoms with Gasteiger partial charge in [0.15, 0.2) is 0 Å². The molecule has 0 aliphatic heterocycles. The minimum atomic E-state index is -4.31. The molecule has 8 nitrogen and oxygen atoms in total. The molecule has 0 fully saturated rings. The van der Waals surface area contributed by atoms with E-state index in [9.17, 15) is 19.4 Å². The van der Waals surface area contributed by atoms with Crippen LogP contribution in [0, 0.1) is 0 Å². The summed E-state index contributed by atoms with van der Waals surface area (Å²) in [6.07, 6.45) is 66.6. The maximum absolute atomic E-state index is 12.9. The summed E-state index contributed by atoms with van der Waals surface area (Å²) in [5.74, 6) is -0.142. The maximum atomic E-state index is 12.9.